The minimum atomic E-state index is 0.0298. The van der Waals surface area contributed by atoms with Crippen LogP contribution >= 0.6 is 0 Å². The second-order valence-electron chi connectivity index (χ2n) is 4.31. The molecule has 1 aliphatic heterocycles. The Morgan fingerprint density at radius 3 is 2.81 bits per heavy atom. The Morgan fingerprint density at radius 2 is 2.25 bits per heavy atom. The molecule has 4 heteroatoms. The Morgan fingerprint density at radius 1 is 1.56 bits per heavy atom. The molecule has 0 unspecified atom stereocenters. The van der Waals surface area contributed by atoms with E-state index in [4.69, 9.17) is 5.73 Å². The van der Waals surface area contributed by atoms with Gasteiger partial charge in [0.05, 0.1) is 0 Å². The maximum atomic E-state index is 12.0. The van der Waals surface area contributed by atoms with Gasteiger partial charge in [-0.1, -0.05) is 0 Å². The van der Waals surface area contributed by atoms with Crippen molar-refractivity contribution in [2.24, 2.45) is 11.7 Å². The molecule has 1 heterocycles. The van der Waals surface area contributed by atoms with Crippen molar-refractivity contribution in [2.75, 3.05) is 19.6 Å². The molecule has 0 atom stereocenters. The van der Waals surface area contributed by atoms with Crippen LogP contribution in [-0.4, -0.2) is 35.5 Å². The van der Waals surface area contributed by atoms with Gasteiger partial charge < -0.3 is 15.7 Å². The van der Waals surface area contributed by atoms with Crippen LogP contribution in [0.15, 0.2) is 18.2 Å². The Bertz CT molecular complexity index is 411. The highest BCUT2D eigenvalue weighted by atomic mass is 16.3. The molecule has 1 fully saturated rings. The van der Waals surface area contributed by atoms with Crippen LogP contribution in [0, 0.1) is 12.8 Å². The highest BCUT2D eigenvalue weighted by Gasteiger charge is 2.30. The third-order valence-electron chi connectivity index (χ3n) is 3.02. The lowest BCUT2D eigenvalue weighted by atomic mass is 9.98. The lowest BCUT2D eigenvalue weighted by Gasteiger charge is -2.38. The van der Waals surface area contributed by atoms with E-state index in [1.165, 1.54) is 0 Å². The highest BCUT2D eigenvalue weighted by molar-refractivity contribution is 5.96. The zero-order chi connectivity index (χ0) is 11.7. The van der Waals surface area contributed by atoms with Crippen LogP contribution in [0.25, 0.3) is 0 Å². The molecule has 86 valence electrons. The number of hydrogen-bond acceptors (Lipinski definition) is 3. The SMILES string of the molecule is Cc1cc(O)ccc1C(=O)N1CC(CN)C1. The Kier molecular flexibility index (Phi) is 2.83. The van der Waals surface area contributed by atoms with Gasteiger partial charge in [-0.15, -0.1) is 0 Å². The van der Waals surface area contributed by atoms with Gasteiger partial charge in [0.25, 0.3) is 5.91 Å². The zero-order valence-electron chi connectivity index (χ0n) is 9.31. The van der Waals surface area contributed by atoms with Crippen LogP contribution in [0.5, 0.6) is 5.75 Å². The average Bonchev–Trinajstić information content (AvgIpc) is 2.15. The first-order valence-electron chi connectivity index (χ1n) is 5.40. The van der Waals surface area contributed by atoms with Crippen LogP contribution in [-0.2, 0) is 0 Å². The summed E-state index contributed by atoms with van der Waals surface area (Å²) in [4.78, 5) is 13.8. The summed E-state index contributed by atoms with van der Waals surface area (Å²) in [5.74, 6) is 0.668. The number of rotatable bonds is 2. The molecule has 0 saturated carbocycles. The predicted octanol–water partition coefficient (Wildman–Crippen LogP) is 0.731. The van der Waals surface area contributed by atoms with Crippen molar-refractivity contribution in [1.82, 2.24) is 4.90 Å². The predicted molar refractivity (Wildman–Crippen MR) is 61.3 cm³/mol. The third-order valence-corrected chi connectivity index (χ3v) is 3.02. The van der Waals surface area contributed by atoms with E-state index in [1.807, 2.05) is 6.92 Å². The van der Waals surface area contributed by atoms with E-state index in [1.54, 1.807) is 23.1 Å². The molecule has 1 amide bonds. The number of nitrogens with two attached hydrogens (primary N) is 1. The number of nitrogens with zero attached hydrogens (tertiary/aromatic N) is 1. The number of likely N-dealkylation sites (tertiary alicyclic amines) is 1. The molecule has 2 rings (SSSR count). The number of carbonyl (C=O) groups is 1. The van der Waals surface area contributed by atoms with E-state index < -0.39 is 0 Å². The molecule has 0 spiro atoms. The van der Waals surface area contributed by atoms with E-state index in [0.717, 1.165) is 18.7 Å². The molecule has 1 aromatic rings. The van der Waals surface area contributed by atoms with E-state index in [-0.39, 0.29) is 11.7 Å². The van der Waals surface area contributed by atoms with Crippen LogP contribution < -0.4 is 5.73 Å². The van der Waals surface area contributed by atoms with Gasteiger partial charge in [-0.25, -0.2) is 0 Å². The van der Waals surface area contributed by atoms with Crippen molar-refractivity contribution in [2.45, 2.75) is 6.92 Å². The maximum Gasteiger partial charge on any atom is 0.254 e. The van der Waals surface area contributed by atoms with E-state index in [9.17, 15) is 9.90 Å². The molecular formula is C12H16N2O2. The van der Waals surface area contributed by atoms with Crippen LogP contribution in [0.3, 0.4) is 0 Å². The number of phenols is 1. The topological polar surface area (TPSA) is 66.6 Å². The van der Waals surface area contributed by atoms with Gasteiger partial charge in [0.1, 0.15) is 5.75 Å². The maximum absolute atomic E-state index is 12.0. The van der Waals surface area contributed by atoms with Crippen LogP contribution in [0.4, 0.5) is 0 Å². The largest absolute Gasteiger partial charge is 0.508 e. The molecular weight excluding hydrogens is 204 g/mol. The summed E-state index contributed by atoms with van der Waals surface area (Å²) in [5, 5.41) is 9.27. The summed E-state index contributed by atoms with van der Waals surface area (Å²) in [7, 11) is 0. The summed E-state index contributed by atoms with van der Waals surface area (Å²) in [6.07, 6.45) is 0. The molecule has 0 radical (unpaired) electrons. The molecule has 0 bridgehead atoms. The molecule has 3 N–H and O–H groups in total. The Labute approximate surface area is 94.7 Å². The van der Waals surface area contributed by atoms with Gasteiger partial charge in [0.15, 0.2) is 0 Å². The standard InChI is InChI=1S/C12H16N2O2/c1-8-4-10(15)2-3-11(8)12(16)14-6-9(5-13)7-14/h2-4,9,15H,5-7,13H2,1H3. The number of carbonyl (C=O) groups excluding carboxylic acids is 1. The molecule has 16 heavy (non-hydrogen) atoms. The van der Waals surface area contributed by atoms with Crippen molar-refractivity contribution in [1.29, 1.82) is 0 Å². The Balaban J connectivity index is 2.10. The number of hydrogen-bond donors (Lipinski definition) is 2. The van der Waals surface area contributed by atoms with Gasteiger partial charge in [0.2, 0.25) is 0 Å². The zero-order valence-corrected chi connectivity index (χ0v) is 9.31. The second-order valence-corrected chi connectivity index (χ2v) is 4.31. The van der Waals surface area contributed by atoms with Gasteiger partial charge in [-0.05, 0) is 37.2 Å². The van der Waals surface area contributed by atoms with E-state index >= 15 is 0 Å². The molecule has 1 aliphatic rings. The van der Waals surface area contributed by atoms with E-state index in [0.29, 0.717) is 18.0 Å². The normalized spacial score (nSPS) is 16.0. The first-order chi connectivity index (χ1) is 7.61. The number of aryl methyl sites for hydroxylation is 1. The second kappa shape index (κ2) is 4.14. The lowest BCUT2D eigenvalue weighted by molar-refractivity contribution is 0.0514. The first kappa shape index (κ1) is 11.0. The smallest absolute Gasteiger partial charge is 0.254 e. The Hall–Kier alpha value is -1.55. The number of phenolic OH excluding ortho intramolecular Hbond substituents is 1. The fourth-order valence-corrected chi connectivity index (χ4v) is 1.94. The number of aromatic hydroxyl groups is 1. The van der Waals surface area contributed by atoms with Crippen molar-refractivity contribution in [3.05, 3.63) is 29.3 Å². The minimum Gasteiger partial charge on any atom is -0.508 e. The summed E-state index contributed by atoms with van der Waals surface area (Å²) in [6, 6.07) is 4.82. The van der Waals surface area contributed by atoms with Crippen molar-refractivity contribution in [3.63, 3.8) is 0 Å². The van der Waals surface area contributed by atoms with Gasteiger partial charge in [-0.3, -0.25) is 4.79 Å². The van der Waals surface area contributed by atoms with Crippen molar-refractivity contribution >= 4 is 5.91 Å². The fourth-order valence-electron chi connectivity index (χ4n) is 1.94. The summed E-state index contributed by atoms with van der Waals surface area (Å²) in [5.41, 5.74) is 6.98. The molecule has 1 saturated heterocycles. The summed E-state index contributed by atoms with van der Waals surface area (Å²) < 4.78 is 0. The number of amides is 1. The van der Waals surface area contributed by atoms with Gasteiger partial charge in [-0.2, -0.15) is 0 Å². The molecule has 4 nitrogen and oxygen atoms in total. The summed E-state index contributed by atoms with van der Waals surface area (Å²) >= 11 is 0. The quantitative estimate of drug-likeness (QED) is 0.772. The molecule has 1 aromatic carbocycles. The number of benzene rings is 1. The van der Waals surface area contributed by atoms with Gasteiger partial charge >= 0.3 is 0 Å². The van der Waals surface area contributed by atoms with Crippen molar-refractivity contribution < 1.29 is 9.90 Å². The molecule has 0 aromatic heterocycles. The van der Waals surface area contributed by atoms with Crippen LogP contribution in [0.2, 0.25) is 0 Å². The minimum absolute atomic E-state index is 0.0298. The molecule has 0 aliphatic carbocycles. The van der Waals surface area contributed by atoms with Crippen LogP contribution in [0.1, 0.15) is 15.9 Å². The van der Waals surface area contributed by atoms with Crippen molar-refractivity contribution in [3.8, 4) is 5.75 Å². The van der Waals surface area contributed by atoms with Gasteiger partial charge in [0, 0.05) is 24.6 Å². The average molecular weight is 220 g/mol. The summed E-state index contributed by atoms with van der Waals surface area (Å²) in [6.45, 7) is 3.96. The fraction of sp³-hybridized carbons (Fsp3) is 0.417. The highest BCUT2D eigenvalue weighted by Crippen LogP contribution is 2.21. The first-order valence-corrected chi connectivity index (χ1v) is 5.40. The third kappa shape index (κ3) is 1.88. The monoisotopic (exact) mass is 220 g/mol. The van der Waals surface area contributed by atoms with E-state index in [2.05, 4.69) is 0 Å². The lowest BCUT2D eigenvalue weighted by Crippen LogP contribution is -2.52.